The van der Waals surface area contributed by atoms with E-state index in [1.165, 1.54) is 0 Å². The Morgan fingerprint density at radius 2 is 2.11 bits per heavy atom. The van der Waals surface area contributed by atoms with Gasteiger partial charge in [0.2, 0.25) is 0 Å². The molecule has 0 spiro atoms. The van der Waals surface area contributed by atoms with Gasteiger partial charge in [0.15, 0.2) is 0 Å². The first kappa shape index (κ1) is 14.5. The second-order valence-electron chi connectivity index (χ2n) is 3.90. The van der Waals surface area contributed by atoms with Gasteiger partial charge in [0.05, 0.1) is 25.3 Å². The summed E-state index contributed by atoms with van der Waals surface area (Å²) in [6.45, 7) is 0.943. The average Bonchev–Trinajstić information content (AvgIpc) is 2.39. The first-order valence-electron chi connectivity index (χ1n) is 5.85. The number of ether oxygens (including phenoxy) is 2. The summed E-state index contributed by atoms with van der Waals surface area (Å²) in [7, 11) is 3.14. The molecule has 0 saturated carbocycles. The molecule has 0 radical (unpaired) electrons. The SMILES string of the molecule is COCC(CCN)NC(=O)c1ccccc1OC. The standard InChI is InChI=1S/C13H20N2O3/c1-17-9-10(7-8-14)15-13(16)11-5-3-4-6-12(11)18-2/h3-6,10H,7-9,14H2,1-2H3,(H,15,16). The van der Waals surface area contributed by atoms with E-state index in [1.807, 2.05) is 6.07 Å². The number of benzene rings is 1. The number of hydrogen-bond acceptors (Lipinski definition) is 4. The highest BCUT2D eigenvalue weighted by Gasteiger charge is 2.15. The molecule has 5 nitrogen and oxygen atoms in total. The summed E-state index contributed by atoms with van der Waals surface area (Å²) >= 11 is 0. The van der Waals surface area contributed by atoms with Crippen LogP contribution in [0.25, 0.3) is 0 Å². The van der Waals surface area contributed by atoms with Crippen molar-refractivity contribution < 1.29 is 14.3 Å². The molecule has 100 valence electrons. The number of carbonyl (C=O) groups is 1. The minimum Gasteiger partial charge on any atom is -0.496 e. The molecule has 1 unspecified atom stereocenters. The van der Waals surface area contributed by atoms with Gasteiger partial charge in [-0.3, -0.25) is 4.79 Å². The maximum absolute atomic E-state index is 12.1. The van der Waals surface area contributed by atoms with Gasteiger partial charge in [-0.25, -0.2) is 0 Å². The van der Waals surface area contributed by atoms with Gasteiger partial charge in [-0.1, -0.05) is 12.1 Å². The Bertz CT molecular complexity index is 376. The number of carbonyl (C=O) groups excluding carboxylic acids is 1. The van der Waals surface area contributed by atoms with E-state index < -0.39 is 0 Å². The third-order valence-electron chi connectivity index (χ3n) is 2.57. The lowest BCUT2D eigenvalue weighted by Gasteiger charge is -2.17. The monoisotopic (exact) mass is 252 g/mol. The summed E-state index contributed by atoms with van der Waals surface area (Å²) in [5.41, 5.74) is 6.01. The topological polar surface area (TPSA) is 73.6 Å². The Balaban J connectivity index is 2.73. The van der Waals surface area contributed by atoms with E-state index in [9.17, 15) is 4.79 Å². The molecule has 0 saturated heterocycles. The van der Waals surface area contributed by atoms with Gasteiger partial charge >= 0.3 is 0 Å². The Kier molecular flexibility index (Phi) is 6.18. The molecule has 0 bridgehead atoms. The molecule has 0 heterocycles. The number of amides is 1. The second kappa shape index (κ2) is 7.68. The van der Waals surface area contributed by atoms with Crippen LogP contribution in [0.1, 0.15) is 16.8 Å². The predicted molar refractivity (Wildman–Crippen MR) is 69.8 cm³/mol. The van der Waals surface area contributed by atoms with Crippen molar-refractivity contribution in [3.63, 3.8) is 0 Å². The smallest absolute Gasteiger partial charge is 0.255 e. The molecule has 1 amide bonds. The number of nitrogens with one attached hydrogen (secondary N) is 1. The van der Waals surface area contributed by atoms with Crippen LogP contribution in [0.3, 0.4) is 0 Å². The molecule has 0 aliphatic heterocycles. The van der Waals surface area contributed by atoms with Crippen molar-refractivity contribution in [3.05, 3.63) is 29.8 Å². The van der Waals surface area contributed by atoms with Crippen LogP contribution in [0, 0.1) is 0 Å². The third kappa shape index (κ3) is 4.01. The molecule has 0 aliphatic rings. The molecule has 5 heteroatoms. The predicted octanol–water partition coefficient (Wildman–Crippen LogP) is 0.789. The third-order valence-corrected chi connectivity index (χ3v) is 2.57. The van der Waals surface area contributed by atoms with E-state index in [0.717, 1.165) is 0 Å². The Morgan fingerprint density at radius 3 is 2.72 bits per heavy atom. The van der Waals surface area contributed by atoms with Crippen LogP contribution in [-0.4, -0.2) is 39.3 Å². The summed E-state index contributed by atoms with van der Waals surface area (Å²) in [4.78, 5) is 12.1. The van der Waals surface area contributed by atoms with Crippen LogP contribution in [0.2, 0.25) is 0 Å². The molecule has 1 aromatic carbocycles. The van der Waals surface area contributed by atoms with Crippen LogP contribution in [0.5, 0.6) is 5.75 Å². The van der Waals surface area contributed by atoms with Crippen molar-refractivity contribution in [2.75, 3.05) is 27.4 Å². The fourth-order valence-electron chi connectivity index (χ4n) is 1.69. The van der Waals surface area contributed by atoms with E-state index in [1.54, 1.807) is 32.4 Å². The Morgan fingerprint density at radius 1 is 1.39 bits per heavy atom. The summed E-state index contributed by atoms with van der Waals surface area (Å²) < 4.78 is 10.2. The molecule has 0 fully saturated rings. The highest BCUT2D eigenvalue weighted by Crippen LogP contribution is 2.17. The van der Waals surface area contributed by atoms with Crippen molar-refractivity contribution in [2.24, 2.45) is 5.73 Å². The summed E-state index contributed by atoms with van der Waals surface area (Å²) in [6.07, 6.45) is 0.675. The lowest BCUT2D eigenvalue weighted by Crippen LogP contribution is -2.39. The highest BCUT2D eigenvalue weighted by atomic mass is 16.5. The normalized spacial score (nSPS) is 11.9. The van der Waals surface area contributed by atoms with Crippen LogP contribution < -0.4 is 15.8 Å². The molecule has 1 aromatic rings. The van der Waals surface area contributed by atoms with Gasteiger partial charge in [-0.15, -0.1) is 0 Å². The van der Waals surface area contributed by atoms with Gasteiger partial charge in [0.25, 0.3) is 5.91 Å². The quantitative estimate of drug-likeness (QED) is 0.752. The first-order chi connectivity index (χ1) is 8.72. The van der Waals surface area contributed by atoms with Crippen molar-refractivity contribution in [3.8, 4) is 5.75 Å². The number of rotatable bonds is 7. The molecule has 3 N–H and O–H groups in total. The lowest BCUT2D eigenvalue weighted by atomic mass is 10.1. The van der Waals surface area contributed by atoms with Crippen LogP contribution in [0.4, 0.5) is 0 Å². The number of hydrogen-bond donors (Lipinski definition) is 2. The second-order valence-corrected chi connectivity index (χ2v) is 3.90. The molecular formula is C13H20N2O3. The summed E-state index contributed by atoms with van der Waals surface area (Å²) in [5, 5.41) is 2.89. The maximum Gasteiger partial charge on any atom is 0.255 e. The van der Waals surface area contributed by atoms with E-state index in [0.29, 0.717) is 30.9 Å². The van der Waals surface area contributed by atoms with Crippen molar-refractivity contribution >= 4 is 5.91 Å². The fraction of sp³-hybridized carbons (Fsp3) is 0.462. The molecule has 18 heavy (non-hydrogen) atoms. The maximum atomic E-state index is 12.1. The van der Waals surface area contributed by atoms with E-state index in [2.05, 4.69) is 5.32 Å². The zero-order valence-electron chi connectivity index (χ0n) is 10.8. The first-order valence-corrected chi connectivity index (χ1v) is 5.85. The van der Waals surface area contributed by atoms with Gasteiger partial charge in [-0.2, -0.15) is 0 Å². The molecule has 1 atom stereocenters. The summed E-state index contributed by atoms with van der Waals surface area (Å²) in [5.74, 6) is 0.377. The zero-order valence-corrected chi connectivity index (χ0v) is 10.8. The van der Waals surface area contributed by atoms with Gasteiger partial charge in [0.1, 0.15) is 5.75 Å². The molecule has 0 aromatic heterocycles. The van der Waals surface area contributed by atoms with E-state index in [4.69, 9.17) is 15.2 Å². The Labute approximate surface area is 107 Å². The van der Waals surface area contributed by atoms with Crippen LogP contribution in [-0.2, 0) is 4.74 Å². The highest BCUT2D eigenvalue weighted by molar-refractivity contribution is 5.97. The largest absolute Gasteiger partial charge is 0.496 e. The van der Waals surface area contributed by atoms with Crippen molar-refractivity contribution in [1.29, 1.82) is 0 Å². The number of para-hydroxylation sites is 1. The minimum absolute atomic E-state index is 0.0857. The summed E-state index contributed by atoms with van der Waals surface area (Å²) in [6, 6.07) is 7.01. The van der Waals surface area contributed by atoms with Gasteiger partial charge in [0, 0.05) is 7.11 Å². The van der Waals surface area contributed by atoms with Crippen molar-refractivity contribution in [1.82, 2.24) is 5.32 Å². The molecular weight excluding hydrogens is 232 g/mol. The molecule has 0 aliphatic carbocycles. The van der Waals surface area contributed by atoms with Crippen LogP contribution in [0.15, 0.2) is 24.3 Å². The number of methoxy groups -OCH3 is 2. The average molecular weight is 252 g/mol. The van der Waals surface area contributed by atoms with E-state index in [-0.39, 0.29) is 11.9 Å². The lowest BCUT2D eigenvalue weighted by molar-refractivity contribution is 0.0890. The van der Waals surface area contributed by atoms with Gasteiger partial charge in [-0.05, 0) is 25.1 Å². The molecule has 1 rings (SSSR count). The van der Waals surface area contributed by atoms with Crippen LogP contribution >= 0.6 is 0 Å². The number of nitrogens with two attached hydrogens (primary N) is 1. The van der Waals surface area contributed by atoms with Gasteiger partial charge < -0.3 is 20.5 Å². The Hall–Kier alpha value is -1.59. The van der Waals surface area contributed by atoms with Crippen molar-refractivity contribution in [2.45, 2.75) is 12.5 Å². The fourth-order valence-corrected chi connectivity index (χ4v) is 1.69. The minimum atomic E-state index is -0.178. The zero-order chi connectivity index (χ0) is 13.4. The van der Waals surface area contributed by atoms with E-state index >= 15 is 0 Å².